The lowest BCUT2D eigenvalue weighted by atomic mass is 10.0. The highest BCUT2D eigenvalue weighted by Crippen LogP contribution is 2.26. The van der Waals surface area contributed by atoms with Crippen molar-refractivity contribution in [2.24, 2.45) is 0 Å². The molecule has 0 aromatic heterocycles. The molecule has 162 valence electrons. The molecule has 0 unspecified atom stereocenters. The highest BCUT2D eigenvalue weighted by Gasteiger charge is 2.16. The summed E-state index contributed by atoms with van der Waals surface area (Å²) < 4.78 is 27.4. The van der Waals surface area contributed by atoms with Crippen LogP contribution >= 0.6 is 11.6 Å². The van der Waals surface area contributed by atoms with Crippen LogP contribution < -0.4 is 10.0 Å². The van der Waals surface area contributed by atoms with Gasteiger partial charge in [-0.2, -0.15) is 0 Å². The van der Waals surface area contributed by atoms with E-state index >= 15 is 0 Å². The van der Waals surface area contributed by atoms with Gasteiger partial charge in [-0.1, -0.05) is 67.9 Å². The number of anilines is 1. The maximum absolute atomic E-state index is 12.5. The Morgan fingerprint density at radius 3 is 2.26 bits per heavy atom. The standard InChI is InChI=1S/C24H25ClN2O3S/c1-17(2)19-10-8-18(9-11-19)14-15-26-24(28)20-12-13-23(22(25)16-20)27-31(29,30)21-6-4-3-5-7-21/h3-13,16-17,27H,14-15H2,1-2H3,(H,26,28). The van der Waals surface area contributed by atoms with Gasteiger partial charge in [-0.15, -0.1) is 0 Å². The zero-order valence-electron chi connectivity index (χ0n) is 17.4. The van der Waals surface area contributed by atoms with Gasteiger partial charge in [0, 0.05) is 12.1 Å². The fraction of sp³-hybridized carbons (Fsp3) is 0.208. The van der Waals surface area contributed by atoms with Crippen LogP contribution in [0.2, 0.25) is 5.02 Å². The fourth-order valence-corrected chi connectivity index (χ4v) is 4.42. The van der Waals surface area contributed by atoms with Gasteiger partial charge in [0.25, 0.3) is 15.9 Å². The highest BCUT2D eigenvalue weighted by molar-refractivity contribution is 7.92. The molecule has 3 rings (SSSR count). The number of carbonyl (C=O) groups excluding carboxylic acids is 1. The van der Waals surface area contributed by atoms with Crippen LogP contribution in [0.5, 0.6) is 0 Å². The summed E-state index contributed by atoms with van der Waals surface area (Å²) in [6.45, 7) is 4.79. The van der Waals surface area contributed by atoms with E-state index in [1.807, 2.05) is 0 Å². The lowest BCUT2D eigenvalue weighted by Crippen LogP contribution is -2.25. The van der Waals surface area contributed by atoms with E-state index in [1.165, 1.54) is 29.8 Å². The maximum Gasteiger partial charge on any atom is 0.261 e. The van der Waals surface area contributed by atoms with Gasteiger partial charge in [-0.3, -0.25) is 9.52 Å². The van der Waals surface area contributed by atoms with E-state index in [0.717, 1.165) is 5.56 Å². The monoisotopic (exact) mass is 456 g/mol. The summed E-state index contributed by atoms with van der Waals surface area (Å²) in [5.41, 5.74) is 3.01. The summed E-state index contributed by atoms with van der Waals surface area (Å²) in [6, 6.07) is 20.9. The van der Waals surface area contributed by atoms with Gasteiger partial charge in [-0.25, -0.2) is 8.42 Å². The smallest absolute Gasteiger partial charge is 0.261 e. The second kappa shape index (κ2) is 9.98. The largest absolute Gasteiger partial charge is 0.352 e. The van der Waals surface area contributed by atoms with Crippen LogP contribution in [0.1, 0.15) is 41.3 Å². The van der Waals surface area contributed by atoms with Gasteiger partial charge in [0.15, 0.2) is 0 Å². The topological polar surface area (TPSA) is 75.3 Å². The first-order valence-corrected chi connectivity index (χ1v) is 11.9. The van der Waals surface area contributed by atoms with Crippen molar-refractivity contribution in [1.29, 1.82) is 0 Å². The zero-order valence-corrected chi connectivity index (χ0v) is 19.0. The van der Waals surface area contributed by atoms with Crippen LogP contribution in [-0.2, 0) is 16.4 Å². The first-order valence-electron chi connectivity index (χ1n) is 10.0. The van der Waals surface area contributed by atoms with E-state index < -0.39 is 10.0 Å². The number of sulfonamides is 1. The Kier molecular flexibility index (Phi) is 7.36. The second-order valence-corrected chi connectivity index (χ2v) is 9.60. The lowest BCUT2D eigenvalue weighted by molar-refractivity contribution is 0.0954. The van der Waals surface area contributed by atoms with E-state index in [0.29, 0.717) is 24.4 Å². The average molecular weight is 457 g/mol. The van der Waals surface area contributed by atoms with E-state index in [9.17, 15) is 13.2 Å². The summed E-state index contributed by atoms with van der Waals surface area (Å²) in [6.07, 6.45) is 0.715. The predicted molar refractivity (Wildman–Crippen MR) is 125 cm³/mol. The summed E-state index contributed by atoms with van der Waals surface area (Å²) in [4.78, 5) is 12.6. The molecular weight excluding hydrogens is 432 g/mol. The van der Waals surface area contributed by atoms with Crippen molar-refractivity contribution in [3.8, 4) is 0 Å². The van der Waals surface area contributed by atoms with Crippen LogP contribution in [0.3, 0.4) is 0 Å². The van der Waals surface area contributed by atoms with Gasteiger partial charge in [0.2, 0.25) is 0 Å². The summed E-state index contributed by atoms with van der Waals surface area (Å²) in [7, 11) is -3.76. The molecule has 3 aromatic rings. The molecule has 0 radical (unpaired) electrons. The Morgan fingerprint density at radius 1 is 0.968 bits per heavy atom. The quantitative estimate of drug-likeness (QED) is 0.487. The van der Waals surface area contributed by atoms with E-state index in [2.05, 4.69) is 48.2 Å². The minimum Gasteiger partial charge on any atom is -0.352 e. The molecule has 0 saturated carbocycles. The maximum atomic E-state index is 12.5. The molecule has 0 spiro atoms. The Labute approximate surface area is 188 Å². The van der Waals surface area contributed by atoms with Crippen LogP contribution in [0.4, 0.5) is 5.69 Å². The highest BCUT2D eigenvalue weighted by atomic mass is 35.5. The Balaban J connectivity index is 1.59. The third kappa shape index (κ3) is 6.09. The molecule has 0 fully saturated rings. The molecule has 0 heterocycles. The average Bonchev–Trinajstić information content (AvgIpc) is 2.76. The molecule has 0 aliphatic rings. The molecule has 5 nitrogen and oxygen atoms in total. The summed E-state index contributed by atoms with van der Waals surface area (Å²) >= 11 is 6.23. The molecular formula is C24H25ClN2O3S. The van der Waals surface area contributed by atoms with Gasteiger partial charge in [0.05, 0.1) is 15.6 Å². The third-order valence-corrected chi connectivity index (χ3v) is 6.57. The predicted octanol–water partition coefficient (Wildman–Crippen LogP) is 5.24. The van der Waals surface area contributed by atoms with Crippen molar-refractivity contribution in [1.82, 2.24) is 5.32 Å². The SMILES string of the molecule is CC(C)c1ccc(CCNC(=O)c2ccc(NS(=O)(=O)c3ccccc3)c(Cl)c2)cc1. The minimum absolute atomic E-state index is 0.134. The van der Waals surface area contributed by atoms with Crippen molar-refractivity contribution < 1.29 is 13.2 Å². The fourth-order valence-electron chi connectivity index (χ4n) is 3.03. The normalized spacial score (nSPS) is 11.4. The van der Waals surface area contributed by atoms with Crippen molar-refractivity contribution >= 4 is 33.2 Å². The second-order valence-electron chi connectivity index (χ2n) is 7.52. The molecule has 2 N–H and O–H groups in total. The van der Waals surface area contributed by atoms with E-state index in [1.54, 1.807) is 24.3 Å². The first-order chi connectivity index (χ1) is 14.8. The molecule has 0 aliphatic carbocycles. The summed E-state index contributed by atoms with van der Waals surface area (Å²) in [5.74, 6) is 0.219. The minimum atomic E-state index is -3.76. The molecule has 31 heavy (non-hydrogen) atoms. The molecule has 7 heteroatoms. The molecule has 3 aromatic carbocycles. The number of rotatable bonds is 8. The molecule has 0 bridgehead atoms. The van der Waals surface area contributed by atoms with Crippen molar-refractivity contribution in [3.63, 3.8) is 0 Å². The van der Waals surface area contributed by atoms with Crippen molar-refractivity contribution in [2.45, 2.75) is 31.1 Å². The van der Waals surface area contributed by atoms with Crippen LogP contribution in [0, 0.1) is 0 Å². The summed E-state index contributed by atoms with van der Waals surface area (Å²) in [5, 5.41) is 3.02. The molecule has 0 atom stereocenters. The Morgan fingerprint density at radius 2 is 1.65 bits per heavy atom. The Hall–Kier alpha value is -2.83. The number of hydrogen-bond acceptors (Lipinski definition) is 3. The third-order valence-electron chi connectivity index (χ3n) is 4.87. The first kappa shape index (κ1) is 22.8. The molecule has 0 saturated heterocycles. The molecule has 0 aliphatic heterocycles. The number of amides is 1. The van der Waals surface area contributed by atoms with Gasteiger partial charge < -0.3 is 5.32 Å². The van der Waals surface area contributed by atoms with Crippen LogP contribution in [0.25, 0.3) is 0 Å². The van der Waals surface area contributed by atoms with Gasteiger partial charge in [0.1, 0.15) is 0 Å². The number of carbonyl (C=O) groups is 1. The number of nitrogens with one attached hydrogen (secondary N) is 2. The van der Waals surface area contributed by atoms with Crippen LogP contribution in [-0.4, -0.2) is 20.9 Å². The number of halogens is 1. The van der Waals surface area contributed by atoms with E-state index in [4.69, 9.17) is 11.6 Å². The Bertz CT molecular complexity index is 1150. The van der Waals surface area contributed by atoms with E-state index in [-0.39, 0.29) is 21.5 Å². The van der Waals surface area contributed by atoms with Crippen molar-refractivity contribution in [3.05, 3.63) is 94.5 Å². The van der Waals surface area contributed by atoms with Gasteiger partial charge >= 0.3 is 0 Å². The lowest BCUT2D eigenvalue weighted by Gasteiger charge is -2.11. The van der Waals surface area contributed by atoms with Gasteiger partial charge in [-0.05, 0) is 53.8 Å². The number of hydrogen-bond donors (Lipinski definition) is 2. The molecule has 1 amide bonds. The van der Waals surface area contributed by atoms with Crippen molar-refractivity contribution in [2.75, 3.05) is 11.3 Å². The zero-order chi connectivity index (χ0) is 22.4. The number of benzene rings is 3. The van der Waals surface area contributed by atoms with Crippen LogP contribution in [0.15, 0.2) is 77.7 Å².